The van der Waals surface area contributed by atoms with Crippen LogP contribution >= 0.6 is 0 Å². The minimum Gasteiger partial charge on any atom is -0.367 e. The van der Waals surface area contributed by atoms with Gasteiger partial charge in [-0.25, -0.2) is 4.39 Å². The van der Waals surface area contributed by atoms with Crippen LogP contribution in [0.4, 0.5) is 10.1 Å². The third kappa shape index (κ3) is 6.65. The van der Waals surface area contributed by atoms with Crippen LogP contribution in [0.2, 0.25) is 0 Å². The zero-order valence-corrected chi connectivity index (χ0v) is 24.8. The molecule has 0 spiro atoms. The molecular formula is C34H42FN5O2. The third-order valence-electron chi connectivity index (χ3n) is 8.70. The maximum absolute atomic E-state index is 15.5. The minimum absolute atomic E-state index is 0.0219. The number of amides is 2. The molecule has 0 saturated carbocycles. The Bertz CT molecular complexity index is 1330. The number of likely N-dealkylation sites (N-methyl/N-ethyl adjacent to an activating group) is 1. The molecule has 3 heterocycles. The highest BCUT2D eigenvalue weighted by Gasteiger charge is 2.33. The zero-order chi connectivity index (χ0) is 29.5. The molecule has 2 aromatic carbocycles. The molecule has 7 nitrogen and oxygen atoms in total. The van der Waals surface area contributed by atoms with Crippen LogP contribution in [0, 0.1) is 5.82 Å². The van der Waals surface area contributed by atoms with Crippen molar-refractivity contribution in [2.75, 3.05) is 50.7 Å². The van der Waals surface area contributed by atoms with Crippen LogP contribution in [-0.2, 0) is 16.0 Å². The second-order valence-electron chi connectivity index (χ2n) is 11.2. The van der Waals surface area contributed by atoms with Crippen molar-refractivity contribution in [1.29, 1.82) is 0 Å². The summed E-state index contributed by atoms with van der Waals surface area (Å²) in [6.07, 6.45) is 6.74. The molecule has 2 saturated heterocycles. The fraction of sp³-hybridized carbons (Fsp3) is 0.441. The zero-order valence-electron chi connectivity index (χ0n) is 24.8. The molecular weight excluding hydrogens is 529 g/mol. The number of aromatic nitrogens is 1. The topological polar surface area (TPSA) is 60.0 Å². The maximum atomic E-state index is 15.5. The quantitative estimate of drug-likeness (QED) is 0.351. The van der Waals surface area contributed by atoms with E-state index in [1.807, 2.05) is 83.3 Å². The average Bonchev–Trinajstić information content (AvgIpc) is 3.03. The van der Waals surface area contributed by atoms with Crippen LogP contribution in [-0.4, -0.2) is 77.3 Å². The number of halogens is 1. The summed E-state index contributed by atoms with van der Waals surface area (Å²) in [6, 6.07) is 18.7. The Hall–Kier alpha value is -3.78. The van der Waals surface area contributed by atoms with Crippen molar-refractivity contribution < 1.29 is 14.0 Å². The first-order valence-corrected chi connectivity index (χ1v) is 15.3. The number of piperazine rings is 1. The number of anilines is 1. The number of likely N-dealkylation sites (tertiary alicyclic amines) is 1. The molecule has 3 aromatic rings. The van der Waals surface area contributed by atoms with E-state index in [0.29, 0.717) is 57.1 Å². The van der Waals surface area contributed by atoms with Crippen molar-refractivity contribution in [3.8, 4) is 0 Å². The SMILES string of the molecule is CCN(CC)C(=O)C(c1ccccc1)N1CCN(c2ccc(CC(=O)N3CCCCC3c3cccnc3)cc2F)CC1. The summed E-state index contributed by atoms with van der Waals surface area (Å²) in [5.74, 6) is -0.177. The normalized spacial score (nSPS) is 18.5. The van der Waals surface area contributed by atoms with Crippen LogP contribution in [0.1, 0.15) is 61.9 Å². The molecule has 2 aliphatic rings. The second-order valence-corrected chi connectivity index (χ2v) is 11.2. The molecule has 2 amide bonds. The van der Waals surface area contributed by atoms with Crippen LogP contribution in [0.5, 0.6) is 0 Å². The number of pyridine rings is 1. The molecule has 42 heavy (non-hydrogen) atoms. The van der Waals surface area contributed by atoms with Gasteiger partial charge in [-0.3, -0.25) is 19.5 Å². The van der Waals surface area contributed by atoms with E-state index in [-0.39, 0.29) is 36.1 Å². The van der Waals surface area contributed by atoms with Crippen molar-refractivity contribution in [1.82, 2.24) is 19.7 Å². The highest BCUT2D eigenvalue weighted by atomic mass is 19.1. The van der Waals surface area contributed by atoms with Crippen LogP contribution < -0.4 is 4.90 Å². The van der Waals surface area contributed by atoms with Gasteiger partial charge < -0.3 is 14.7 Å². The van der Waals surface area contributed by atoms with E-state index in [1.165, 1.54) is 6.07 Å². The number of nitrogens with zero attached hydrogens (tertiary/aromatic N) is 5. The molecule has 0 bridgehead atoms. The van der Waals surface area contributed by atoms with E-state index >= 15 is 4.39 Å². The summed E-state index contributed by atoms with van der Waals surface area (Å²) < 4.78 is 15.5. The minimum atomic E-state index is -0.350. The van der Waals surface area contributed by atoms with Gasteiger partial charge in [0.15, 0.2) is 0 Å². The van der Waals surface area contributed by atoms with Gasteiger partial charge in [0.25, 0.3) is 0 Å². The standard InChI is InChI=1S/C34H42FN5O2/c1-3-37(4-2)34(42)33(27-11-6-5-7-12-27)39-21-19-38(20-22-39)31-16-15-26(23-29(31)35)24-32(41)40-18-9-8-14-30(40)28-13-10-17-36-25-28/h5-7,10-13,15-17,23,25,30,33H,3-4,8-9,14,18-22,24H2,1-2H3. The second kappa shape index (κ2) is 13.9. The van der Waals surface area contributed by atoms with Gasteiger partial charge in [0.1, 0.15) is 11.9 Å². The molecule has 0 radical (unpaired) electrons. The van der Waals surface area contributed by atoms with Gasteiger partial charge in [-0.05, 0) is 68.0 Å². The Morgan fingerprint density at radius 3 is 2.38 bits per heavy atom. The van der Waals surface area contributed by atoms with Crippen molar-refractivity contribution >= 4 is 17.5 Å². The predicted molar refractivity (Wildman–Crippen MR) is 164 cm³/mol. The van der Waals surface area contributed by atoms with Crippen LogP contribution in [0.15, 0.2) is 73.1 Å². The highest BCUT2D eigenvalue weighted by Crippen LogP contribution is 2.32. The first-order valence-electron chi connectivity index (χ1n) is 15.3. The number of benzene rings is 2. The fourth-order valence-electron chi connectivity index (χ4n) is 6.42. The molecule has 5 rings (SSSR count). The summed E-state index contributed by atoms with van der Waals surface area (Å²) in [7, 11) is 0. The largest absolute Gasteiger partial charge is 0.367 e. The van der Waals surface area contributed by atoms with Gasteiger partial charge in [-0.1, -0.05) is 42.5 Å². The van der Waals surface area contributed by atoms with E-state index in [1.54, 1.807) is 12.3 Å². The Labute approximate surface area is 248 Å². The number of carbonyl (C=O) groups is 2. The number of hydrogen-bond donors (Lipinski definition) is 0. The first-order chi connectivity index (χ1) is 20.5. The molecule has 0 N–H and O–H groups in total. The monoisotopic (exact) mass is 571 g/mol. The summed E-state index contributed by atoms with van der Waals surface area (Å²) in [4.78, 5) is 39.2. The van der Waals surface area contributed by atoms with Crippen molar-refractivity contribution in [3.63, 3.8) is 0 Å². The Morgan fingerprint density at radius 1 is 0.952 bits per heavy atom. The third-order valence-corrected chi connectivity index (χ3v) is 8.70. The van der Waals surface area contributed by atoms with Gasteiger partial charge in [0, 0.05) is 58.2 Å². The van der Waals surface area contributed by atoms with Gasteiger partial charge in [-0.2, -0.15) is 0 Å². The van der Waals surface area contributed by atoms with Crippen LogP contribution in [0.25, 0.3) is 0 Å². The van der Waals surface area contributed by atoms with E-state index in [2.05, 4.69) is 9.88 Å². The molecule has 2 atom stereocenters. The summed E-state index contributed by atoms with van der Waals surface area (Å²) in [6.45, 7) is 8.59. The summed E-state index contributed by atoms with van der Waals surface area (Å²) in [5, 5.41) is 0. The molecule has 2 unspecified atom stereocenters. The van der Waals surface area contributed by atoms with E-state index in [9.17, 15) is 9.59 Å². The number of carbonyl (C=O) groups excluding carboxylic acids is 2. The number of hydrogen-bond acceptors (Lipinski definition) is 5. The van der Waals surface area contributed by atoms with Gasteiger partial charge in [0.05, 0.1) is 18.2 Å². The molecule has 8 heteroatoms. The lowest BCUT2D eigenvalue weighted by Gasteiger charge is -2.41. The number of rotatable bonds is 9. The predicted octanol–water partition coefficient (Wildman–Crippen LogP) is 5.25. The smallest absolute Gasteiger partial charge is 0.244 e. The Morgan fingerprint density at radius 2 is 1.71 bits per heavy atom. The molecule has 2 fully saturated rings. The Kier molecular flexibility index (Phi) is 9.85. The lowest BCUT2D eigenvalue weighted by Crippen LogP contribution is -2.52. The van der Waals surface area contributed by atoms with Gasteiger partial charge >= 0.3 is 0 Å². The van der Waals surface area contributed by atoms with Crippen molar-refractivity contribution in [2.45, 2.75) is 51.6 Å². The lowest BCUT2D eigenvalue weighted by atomic mass is 9.95. The van der Waals surface area contributed by atoms with Crippen molar-refractivity contribution in [3.05, 3.63) is 95.6 Å². The summed E-state index contributed by atoms with van der Waals surface area (Å²) >= 11 is 0. The molecule has 1 aromatic heterocycles. The number of piperidine rings is 1. The molecule has 2 aliphatic heterocycles. The first kappa shape index (κ1) is 29.7. The Balaban J connectivity index is 1.24. The summed E-state index contributed by atoms with van der Waals surface area (Å²) in [5.41, 5.74) is 3.27. The fourth-order valence-corrected chi connectivity index (χ4v) is 6.42. The van der Waals surface area contributed by atoms with E-state index in [0.717, 1.165) is 30.4 Å². The molecule has 222 valence electrons. The highest BCUT2D eigenvalue weighted by molar-refractivity contribution is 5.83. The average molecular weight is 572 g/mol. The van der Waals surface area contributed by atoms with E-state index in [4.69, 9.17) is 0 Å². The molecule has 0 aliphatic carbocycles. The van der Waals surface area contributed by atoms with Crippen molar-refractivity contribution in [2.24, 2.45) is 0 Å². The van der Waals surface area contributed by atoms with Crippen LogP contribution in [0.3, 0.4) is 0 Å². The van der Waals surface area contributed by atoms with Gasteiger partial charge in [-0.15, -0.1) is 0 Å². The van der Waals surface area contributed by atoms with E-state index < -0.39 is 0 Å². The lowest BCUT2D eigenvalue weighted by molar-refractivity contribution is -0.137. The maximum Gasteiger partial charge on any atom is 0.244 e. The van der Waals surface area contributed by atoms with Gasteiger partial charge in [0.2, 0.25) is 11.8 Å².